The molecule has 0 spiro atoms. The first-order valence-electron chi connectivity index (χ1n) is 10.9. The van der Waals surface area contributed by atoms with Crippen molar-refractivity contribution in [2.45, 2.75) is 32.2 Å². The first kappa shape index (κ1) is 20.2. The van der Waals surface area contributed by atoms with E-state index in [4.69, 9.17) is 16.1 Å². The molecule has 1 aromatic heterocycles. The normalized spacial score (nSPS) is 19.3. The number of rotatable bonds is 4. The van der Waals surface area contributed by atoms with E-state index in [1.54, 1.807) is 0 Å². The van der Waals surface area contributed by atoms with Crippen LogP contribution in [-0.4, -0.2) is 40.6 Å². The molecular formula is C24H25ClN4O2. The second-order valence-electron chi connectivity index (χ2n) is 8.32. The van der Waals surface area contributed by atoms with Crippen molar-refractivity contribution in [3.8, 4) is 11.4 Å². The summed E-state index contributed by atoms with van der Waals surface area (Å²) in [5.74, 6) is 1.33. The molecule has 3 heterocycles. The largest absolute Gasteiger partial charge is 0.338 e. The molecule has 160 valence electrons. The molecule has 0 aliphatic carbocycles. The van der Waals surface area contributed by atoms with Crippen molar-refractivity contribution in [2.24, 2.45) is 5.92 Å². The van der Waals surface area contributed by atoms with Crippen molar-refractivity contribution in [3.63, 3.8) is 0 Å². The molecule has 1 atom stereocenters. The minimum Gasteiger partial charge on any atom is -0.338 e. The van der Waals surface area contributed by atoms with Crippen molar-refractivity contribution in [1.82, 2.24) is 15.0 Å². The van der Waals surface area contributed by atoms with Gasteiger partial charge in [-0.05, 0) is 56.0 Å². The van der Waals surface area contributed by atoms with E-state index in [1.807, 2.05) is 35.2 Å². The first-order valence-corrected chi connectivity index (χ1v) is 11.3. The van der Waals surface area contributed by atoms with E-state index in [1.165, 1.54) is 5.56 Å². The highest BCUT2D eigenvalue weighted by molar-refractivity contribution is 6.30. The molecule has 2 aromatic carbocycles. The van der Waals surface area contributed by atoms with Crippen molar-refractivity contribution in [1.29, 1.82) is 0 Å². The molecule has 0 bridgehead atoms. The number of hydrogen-bond donors (Lipinski definition) is 0. The average Bonchev–Trinajstić information content (AvgIpc) is 3.27. The number of piperidine rings is 1. The van der Waals surface area contributed by atoms with Gasteiger partial charge in [0.05, 0.1) is 12.5 Å². The van der Waals surface area contributed by atoms with E-state index in [9.17, 15) is 4.79 Å². The van der Waals surface area contributed by atoms with Crippen LogP contribution >= 0.6 is 11.6 Å². The Morgan fingerprint density at radius 3 is 2.94 bits per heavy atom. The molecule has 2 aliphatic heterocycles. The molecule has 2 aliphatic rings. The van der Waals surface area contributed by atoms with Crippen LogP contribution in [0, 0.1) is 5.92 Å². The number of carbonyl (C=O) groups excluding carboxylic acids is 1. The zero-order valence-corrected chi connectivity index (χ0v) is 18.1. The highest BCUT2D eigenvalue weighted by Crippen LogP contribution is 2.30. The van der Waals surface area contributed by atoms with Crippen LogP contribution in [0.3, 0.4) is 0 Å². The topological polar surface area (TPSA) is 62.5 Å². The number of likely N-dealkylation sites (tertiary alicyclic amines) is 1. The number of nitrogens with zero attached hydrogens (tertiary/aromatic N) is 4. The van der Waals surface area contributed by atoms with Gasteiger partial charge in [-0.1, -0.05) is 47.1 Å². The third-order valence-corrected chi connectivity index (χ3v) is 6.38. The third-order valence-electron chi connectivity index (χ3n) is 6.14. The predicted molar refractivity (Wildman–Crippen MR) is 120 cm³/mol. The predicted octanol–water partition coefficient (Wildman–Crippen LogP) is 4.58. The fraction of sp³-hybridized carbons (Fsp3) is 0.375. The molecule has 1 saturated heterocycles. The van der Waals surface area contributed by atoms with E-state index in [-0.39, 0.29) is 11.8 Å². The fourth-order valence-corrected chi connectivity index (χ4v) is 4.83. The van der Waals surface area contributed by atoms with Gasteiger partial charge in [-0.25, -0.2) is 0 Å². The van der Waals surface area contributed by atoms with Crippen LogP contribution in [0.15, 0.2) is 53.1 Å². The summed E-state index contributed by atoms with van der Waals surface area (Å²) in [5.41, 5.74) is 3.19. The number of halogens is 1. The number of anilines is 1. The second-order valence-corrected chi connectivity index (χ2v) is 8.75. The molecule has 6 nitrogen and oxygen atoms in total. The minimum atomic E-state index is -0.00442. The summed E-state index contributed by atoms with van der Waals surface area (Å²) in [4.78, 5) is 22.1. The Hall–Kier alpha value is -2.70. The smallest absolute Gasteiger partial charge is 0.241 e. The zero-order chi connectivity index (χ0) is 21.2. The lowest BCUT2D eigenvalue weighted by molar-refractivity contribution is -0.124. The van der Waals surface area contributed by atoms with Gasteiger partial charge in [-0.15, -0.1) is 0 Å². The first-order chi connectivity index (χ1) is 15.2. The van der Waals surface area contributed by atoms with Gasteiger partial charge in [0.2, 0.25) is 17.6 Å². The highest BCUT2D eigenvalue weighted by Gasteiger charge is 2.32. The van der Waals surface area contributed by atoms with Gasteiger partial charge in [0.25, 0.3) is 0 Å². The van der Waals surface area contributed by atoms with Crippen LogP contribution in [0.25, 0.3) is 11.4 Å². The Labute approximate surface area is 186 Å². The van der Waals surface area contributed by atoms with Crippen molar-refractivity contribution < 1.29 is 9.32 Å². The maximum Gasteiger partial charge on any atom is 0.241 e. The van der Waals surface area contributed by atoms with Gasteiger partial charge in [-0.3, -0.25) is 9.69 Å². The summed E-state index contributed by atoms with van der Waals surface area (Å²) in [5, 5.41) is 4.74. The highest BCUT2D eigenvalue weighted by atomic mass is 35.5. The summed E-state index contributed by atoms with van der Waals surface area (Å²) in [6.07, 6.45) is 3.98. The number of para-hydroxylation sites is 1. The Bertz CT molecular complexity index is 1080. The summed E-state index contributed by atoms with van der Waals surface area (Å²) in [7, 11) is 0. The van der Waals surface area contributed by atoms with Gasteiger partial charge in [0.15, 0.2) is 0 Å². The van der Waals surface area contributed by atoms with Crippen molar-refractivity contribution in [3.05, 3.63) is 65.0 Å². The number of aromatic nitrogens is 2. The van der Waals surface area contributed by atoms with Crippen molar-refractivity contribution >= 4 is 23.2 Å². The molecular weight excluding hydrogens is 412 g/mol. The van der Waals surface area contributed by atoms with Gasteiger partial charge in [0, 0.05) is 29.4 Å². The van der Waals surface area contributed by atoms with E-state index in [0.29, 0.717) is 29.8 Å². The fourth-order valence-electron chi connectivity index (χ4n) is 4.64. The molecule has 1 amide bonds. The maximum absolute atomic E-state index is 13.4. The molecule has 1 unspecified atom stereocenters. The molecule has 3 aromatic rings. The molecule has 5 rings (SSSR count). The number of carbonyl (C=O) groups is 1. The van der Waals surface area contributed by atoms with Gasteiger partial charge in [-0.2, -0.15) is 4.98 Å². The Morgan fingerprint density at radius 1 is 1.13 bits per heavy atom. The van der Waals surface area contributed by atoms with Crippen LogP contribution < -0.4 is 4.90 Å². The summed E-state index contributed by atoms with van der Waals surface area (Å²) in [6.45, 7) is 2.99. The Morgan fingerprint density at radius 2 is 2.03 bits per heavy atom. The third kappa shape index (κ3) is 4.36. The van der Waals surface area contributed by atoms with Gasteiger partial charge < -0.3 is 9.42 Å². The molecule has 31 heavy (non-hydrogen) atoms. The van der Waals surface area contributed by atoms with Gasteiger partial charge in [0.1, 0.15) is 0 Å². The molecule has 7 heteroatoms. The van der Waals surface area contributed by atoms with Crippen molar-refractivity contribution in [2.75, 3.05) is 24.5 Å². The SMILES string of the molecule is O=C(C1CCCN(Cc2nc(-c3cccc(Cl)c3)no2)C1)N1CCCc2ccccc21. The molecule has 0 saturated carbocycles. The zero-order valence-electron chi connectivity index (χ0n) is 17.3. The van der Waals surface area contributed by atoms with Crippen LogP contribution in [0.4, 0.5) is 5.69 Å². The summed E-state index contributed by atoms with van der Waals surface area (Å²) in [6, 6.07) is 15.7. The summed E-state index contributed by atoms with van der Waals surface area (Å²) >= 11 is 6.07. The average molecular weight is 437 g/mol. The van der Waals surface area contributed by atoms with Crippen LogP contribution in [-0.2, 0) is 17.8 Å². The Kier molecular flexibility index (Phi) is 5.74. The number of hydrogen-bond acceptors (Lipinski definition) is 5. The molecule has 0 N–H and O–H groups in total. The minimum absolute atomic E-state index is 0.00442. The number of fused-ring (bicyclic) bond motifs is 1. The van der Waals surface area contributed by atoms with E-state index < -0.39 is 0 Å². The number of amides is 1. The summed E-state index contributed by atoms with van der Waals surface area (Å²) < 4.78 is 5.48. The Balaban J connectivity index is 1.26. The maximum atomic E-state index is 13.4. The van der Waals surface area contributed by atoms with Crippen LogP contribution in [0.5, 0.6) is 0 Å². The lowest BCUT2D eigenvalue weighted by Gasteiger charge is -2.36. The lowest BCUT2D eigenvalue weighted by Crippen LogP contribution is -2.46. The van der Waals surface area contributed by atoms with Crippen LogP contribution in [0.2, 0.25) is 5.02 Å². The van der Waals surface area contributed by atoms with Gasteiger partial charge >= 0.3 is 0 Å². The second kappa shape index (κ2) is 8.81. The molecule has 0 radical (unpaired) electrons. The van der Waals surface area contributed by atoms with E-state index >= 15 is 0 Å². The van der Waals surface area contributed by atoms with E-state index in [2.05, 4.69) is 33.2 Å². The number of benzene rings is 2. The standard InChI is InChI=1S/C24H25ClN4O2/c25-20-10-3-7-18(14-20)23-26-22(31-27-23)16-28-12-4-9-19(15-28)24(30)29-13-5-8-17-6-1-2-11-21(17)29/h1-3,6-7,10-11,14,19H,4-5,8-9,12-13,15-16H2. The monoisotopic (exact) mass is 436 g/mol. The van der Waals surface area contributed by atoms with E-state index in [0.717, 1.165) is 50.0 Å². The quantitative estimate of drug-likeness (QED) is 0.599. The lowest BCUT2D eigenvalue weighted by atomic mass is 9.94. The molecule has 1 fully saturated rings. The number of aryl methyl sites for hydroxylation is 1. The van der Waals surface area contributed by atoms with Crippen LogP contribution in [0.1, 0.15) is 30.7 Å².